The Labute approximate surface area is 115 Å². The van der Waals surface area contributed by atoms with Crippen molar-refractivity contribution in [1.82, 2.24) is 9.97 Å². The predicted molar refractivity (Wildman–Crippen MR) is 77.3 cm³/mol. The number of rotatable bonds is 3. The van der Waals surface area contributed by atoms with Crippen molar-refractivity contribution in [3.8, 4) is 27.7 Å². The maximum Gasteiger partial charge on any atom is 0.159 e. The number of aromatic nitrogens is 2. The Morgan fingerprint density at radius 3 is 2.58 bits per heavy atom. The molecule has 3 aromatic rings. The highest BCUT2D eigenvalue weighted by molar-refractivity contribution is 7.13. The Kier molecular flexibility index (Phi) is 3.25. The van der Waals surface area contributed by atoms with E-state index in [0.29, 0.717) is 0 Å². The molecule has 4 heteroatoms. The third kappa shape index (κ3) is 2.48. The van der Waals surface area contributed by atoms with Crippen LogP contribution in [0.3, 0.4) is 0 Å². The fourth-order valence-corrected chi connectivity index (χ4v) is 2.49. The molecule has 2 aromatic heterocycles. The van der Waals surface area contributed by atoms with E-state index in [2.05, 4.69) is 16.0 Å². The number of ether oxygens (including phenoxy) is 1. The average Bonchev–Trinajstić information content (AvgIpc) is 3.02. The minimum atomic E-state index is 0.730. The van der Waals surface area contributed by atoms with Crippen LogP contribution in [0.2, 0.25) is 0 Å². The molecule has 0 aliphatic carbocycles. The molecule has 0 saturated heterocycles. The summed E-state index contributed by atoms with van der Waals surface area (Å²) in [4.78, 5) is 10.1. The standard InChI is InChI=1S/C15H12N2OS/c1-18-12-6-4-11(5-7-12)15-16-9-8-13(17-15)14-3-2-10-19-14/h2-10H,1H3. The maximum atomic E-state index is 5.15. The van der Waals surface area contributed by atoms with Crippen LogP contribution >= 0.6 is 11.3 Å². The summed E-state index contributed by atoms with van der Waals surface area (Å²) in [6.07, 6.45) is 1.79. The lowest BCUT2D eigenvalue weighted by molar-refractivity contribution is 0.415. The van der Waals surface area contributed by atoms with Gasteiger partial charge in [0.2, 0.25) is 0 Å². The van der Waals surface area contributed by atoms with Gasteiger partial charge in [0.15, 0.2) is 5.82 Å². The molecule has 3 nitrogen and oxygen atoms in total. The van der Waals surface area contributed by atoms with Crippen LogP contribution in [0.4, 0.5) is 0 Å². The molecular weight excluding hydrogens is 256 g/mol. The Hall–Kier alpha value is -2.20. The molecule has 0 unspecified atom stereocenters. The highest BCUT2D eigenvalue weighted by atomic mass is 32.1. The largest absolute Gasteiger partial charge is 0.497 e. The van der Waals surface area contributed by atoms with Crippen LogP contribution < -0.4 is 4.74 Å². The van der Waals surface area contributed by atoms with Crippen LogP contribution in [0, 0.1) is 0 Å². The molecule has 2 heterocycles. The second-order valence-corrected chi connectivity index (χ2v) is 4.92. The Bertz CT molecular complexity index is 663. The maximum absolute atomic E-state index is 5.15. The molecule has 0 bridgehead atoms. The smallest absolute Gasteiger partial charge is 0.159 e. The normalized spacial score (nSPS) is 10.4. The number of hydrogen-bond donors (Lipinski definition) is 0. The molecule has 0 spiro atoms. The summed E-state index contributed by atoms with van der Waals surface area (Å²) in [5.74, 6) is 1.56. The van der Waals surface area contributed by atoms with Crippen molar-refractivity contribution in [3.05, 3.63) is 54.0 Å². The van der Waals surface area contributed by atoms with Gasteiger partial charge in [0.1, 0.15) is 5.75 Å². The molecule has 0 saturated carbocycles. The average molecular weight is 268 g/mol. The lowest BCUT2D eigenvalue weighted by Crippen LogP contribution is -1.90. The van der Waals surface area contributed by atoms with E-state index in [9.17, 15) is 0 Å². The first-order valence-corrected chi connectivity index (χ1v) is 6.76. The number of methoxy groups -OCH3 is 1. The van der Waals surface area contributed by atoms with Gasteiger partial charge in [-0.1, -0.05) is 6.07 Å². The quantitative estimate of drug-likeness (QED) is 0.723. The summed E-state index contributed by atoms with van der Waals surface area (Å²) in [6.45, 7) is 0. The number of hydrogen-bond acceptors (Lipinski definition) is 4. The van der Waals surface area contributed by atoms with E-state index < -0.39 is 0 Å². The predicted octanol–water partition coefficient (Wildman–Crippen LogP) is 3.88. The van der Waals surface area contributed by atoms with E-state index in [4.69, 9.17) is 4.74 Å². The molecular formula is C15H12N2OS. The van der Waals surface area contributed by atoms with E-state index in [1.54, 1.807) is 24.6 Å². The fourth-order valence-electron chi connectivity index (χ4n) is 1.80. The van der Waals surface area contributed by atoms with E-state index >= 15 is 0 Å². The molecule has 0 amide bonds. The van der Waals surface area contributed by atoms with E-state index in [1.165, 1.54) is 0 Å². The molecule has 0 aliphatic heterocycles. The molecule has 3 rings (SSSR count). The molecule has 19 heavy (non-hydrogen) atoms. The van der Waals surface area contributed by atoms with Crippen LogP contribution in [0.25, 0.3) is 22.0 Å². The molecule has 0 fully saturated rings. The van der Waals surface area contributed by atoms with E-state index in [-0.39, 0.29) is 0 Å². The highest BCUT2D eigenvalue weighted by Gasteiger charge is 2.05. The van der Waals surface area contributed by atoms with E-state index in [1.807, 2.05) is 41.8 Å². The summed E-state index contributed by atoms with van der Waals surface area (Å²) in [5.41, 5.74) is 1.94. The Morgan fingerprint density at radius 1 is 1.05 bits per heavy atom. The van der Waals surface area contributed by atoms with Gasteiger partial charge in [0.25, 0.3) is 0 Å². The van der Waals surface area contributed by atoms with Crippen molar-refractivity contribution in [2.75, 3.05) is 7.11 Å². The van der Waals surface area contributed by atoms with Crippen molar-refractivity contribution >= 4 is 11.3 Å². The van der Waals surface area contributed by atoms with Gasteiger partial charge in [-0.15, -0.1) is 11.3 Å². The fraction of sp³-hybridized carbons (Fsp3) is 0.0667. The van der Waals surface area contributed by atoms with Gasteiger partial charge in [-0.05, 0) is 41.8 Å². The van der Waals surface area contributed by atoms with Crippen LogP contribution in [-0.4, -0.2) is 17.1 Å². The van der Waals surface area contributed by atoms with Gasteiger partial charge >= 0.3 is 0 Å². The zero-order valence-electron chi connectivity index (χ0n) is 10.4. The SMILES string of the molecule is COc1ccc(-c2nccc(-c3cccs3)n2)cc1. The van der Waals surface area contributed by atoms with Gasteiger partial charge in [-0.3, -0.25) is 0 Å². The molecule has 0 atom stereocenters. The molecule has 0 N–H and O–H groups in total. The van der Waals surface area contributed by atoms with Crippen molar-refractivity contribution in [2.24, 2.45) is 0 Å². The van der Waals surface area contributed by atoms with Crippen molar-refractivity contribution in [3.63, 3.8) is 0 Å². The molecule has 0 aliphatic rings. The molecule has 1 aromatic carbocycles. The summed E-state index contributed by atoms with van der Waals surface area (Å²) in [7, 11) is 1.66. The summed E-state index contributed by atoms with van der Waals surface area (Å²) in [5, 5.41) is 2.05. The van der Waals surface area contributed by atoms with Crippen LogP contribution in [-0.2, 0) is 0 Å². The topological polar surface area (TPSA) is 35.0 Å². The summed E-state index contributed by atoms with van der Waals surface area (Å²) >= 11 is 1.68. The monoisotopic (exact) mass is 268 g/mol. The van der Waals surface area contributed by atoms with E-state index in [0.717, 1.165) is 27.7 Å². The van der Waals surface area contributed by atoms with Gasteiger partial charge < -0.3 is 4.74 Å². The second kappa shape index (κ2) is 5.20. The first kappa shape index (κ1) is 11.9. The van der Waals surface area contributed by atoms with Crippen LogP contribution in [0.15, 0.2) is 54.0 Å². The van der Waals surface area contributed by atoms with Crippen LogP contribution in [0.1, 0.15) is 0 Å². The first-order chi connectivity index (χ1) is 9.36. The minimum Gasteiger partial charge on any atom is -0.497 e. The summed E-state index contributed by atoms with van der Waals surface area (Å²) in [6, 6.07) is 13.8. The zero-order valence-corrected chi connectivity index (χ0v) is 11.2. The van der Waals surface area contributed by atoms with Crippen molar-refractivity contribution in [1.29, 1.82) is 0 Å². The van der Waals surface area contributed by atoms with Crippen molar-refractivity contribution < 1.29 is 4.74 Å². The van der Waals surface area contributed by atoms with Crippen LogP contribution in [0.5, 0.6) is 5.75 Å². The highest BCUT2D eigenvalue weighted by Crippen LogP contribution is 2.25. The van der Waals surface area contributed by atoms with Gasteiger partial charge in [-0.2, -0.15) is 0 Å². The Balaban J connectivity index is 1.98. The lowest BCUT2D eigenvalue weighted by atomic mass is 10.2. The third-order valence-electron chi connectivity index (χ3n) is 2.78. The van der Waals surface area contributed by atoms with Gasteiger partial charge in [-0.25, -0.2) is 9.97 Å². The first-order valence-electron chi connectivity index (χ1n) is 5.88. The van der Waals surface area contributed by atoms with Gasteiger partial charge in [0, 0.05) is 11.8 Å². The Morgan fingerprint density at radius 2 is 1.89 bits per heavy atom. The number of thiophene rings is 1. The molecule has 94 valence electrons. The zero-order chi connectivity index (χ0) is 13.1. The second-order valence-electron chi connectivity index (χ2n) is 3.97. The number of benzene rings is 1. The minimum absolute atomic E-state index is 0.730. The lowest BCUT2D eigenvalue weighted by Gasteiger charge is -2.04. The van der Waals surface area contributed by atoms with Gasteiger partial charge in [0.05, 0.1) is 17.7 Å². The molecule has 0 radical (unpaired) electrons. The number of nitrogens with zero attached hydrogens (tertiary/aromatic N) is 2. The third-order valence-corrected chi connectivity index (χ3v) is 3.67. The van der Waals surface area contributed by atoms with Crippen molar-refractivity contribution in [2.45, 2.75) is 0 Å². The summed E-state index contributed by atoms with van der Waals surface area (Å²) < 4.78 is 5.15.